The van der Waals surface area contributed by atoms with Gasteiger partial charge in [-0.15, -0.1) is 0 Å². The molecule has 0 spiro atoms. The van der Waals surface area contributed by atoms with Crippen LogP contribution in [0.3, 0.4) is 0 Å². The van der Waals surface area contributed by atoms with E-state index >= 15 is 0 Å². The quantitative estimate of drug-likeness (QED) is 0.562. The lowest BCUT2D eigenvalue weighted by atomic mass is 10.0. The fourth-order valence-corrected chi connectivity index (χ4v) is 3.17. The molecule has 1 heterocycles. The zero-order chi connectivity index (χ0) is 17.6. The lowest BCUT2D eigenvalue weighted by molar-refractivity contribution is -0.198. The molecule has 0 bridgehead atoms. The van der Waals surface area contributed by atoms with Crippen LogP contribution in [-0.2, 0) is 20.8 Å². The number of fused-ring (bicyclic) bond motifs is 1. The first-order chi connectivity index (χ1) is 12.1. The van der Waals surface area contributed by atoms with Gasteiger partial charge in [-0.3, -0.25) is 4.79 Å². The SMILES string of the molecule is O=C(O)NC1CCc2cc(C=CC(=O)NOC3CCCCO3)ccc21. The van der Waals surface area contributed by atoms with Gasteiger partial charge in [-0.1, -0.05) is 18.2 Å². The zero-order valence-corrected chi connectivity index (χ0v) is 13.9. The molecule has 25 heavy (non-hydrogen) atoms. The number of carbonyl (C=O) groups is 2. The van der Waals surface area contributed by atoms with E-state index in [4.69, 9.17) is 14.7 Å². The summed E-state index contributed by atoms with van der Waals surface area (Å²) >= 11 is 0. The minimum atomic E-state index is -1.01. The molecule has 1 aromatic carbocycles. The Balaban J connectivity index is 1.53. The number of hydroxylamine groups is 1. The van der Waals surface area contributed by atoms with E-state index in [0.717, 1.165) is 48.8 Å². The van der Waals surface area contributed by atoms with Crippen LogP contribution in [0.25, 0.3) is 6.08 Å². The molecule has 7 nitrogen and oxygen atoms in total. The maximum Gasteiger partial charge on any atom is 0.405 e. The highest BCUT2D eigenvalue weighted by Gasteiger charge is 2.23. The van der Waals surface area contributed by atoms with E-state index < -0.39 is 6.09 Å². The van der Waals surface area contributed by atoms with Crippen LogP contribution in [0.2, 0.25) is 0 Å². The van der Waals surface area contributed by atoms with Gasteiger partial charge in [0.2, 0.25) is 0 Å². The van der Waals surface area contributed by atoms with Crippen molar-refractivity contribution < 1.29 is 24.3 Å². The Morgan fingerprint density at radius 3 is 2.92 bits per heavy atom. The van der Waals surface area contributed by atoms with Crippen LogP contribution in [0, 0.1) is 0 Å². The molecule has 0 aromatic heterocycles. The second-order valence-corrected chi connectivity index (χ2v) is 6.21. The Hall–Kier alpha value is -2.38. The summed E-state index contributed by atoms with van der Waals surface area (Å²) in [5.41, 5.74) is 5.37. The van der Waals surface area contributed by atoms with Crippen LogP contribution in [0.15, 0.2) is 24.3 Å². The predicted molar refractivity (Wildman–Crippen MR) is 90.5 cm³/mol. The van der Waals surface area contributed by atoms with Crippen LogP contribution in [0.5, 0.6) is 0 Å². The molecule has 0 radical (unpaired) electrons. The van der Waals surface area contributed by atoms with Crippen LogP contribution in [0.4, 0.5) is 4.79 Å². The van der Waals surface area contributed by atoms with Gasteiger partial charge in [-0.2, -0.15) is 0 Å². The Morgan fingerprint density at radius 2 is 2.16 bits per heavy atom. The van der Waals surface area contributed by atoms with Crippen LogP contribution in [0.1, 0.15) is 48.4 Å². The Labute approximate surface area is 146 Å². The smallest absolute Gasteiger partial charge is 0.405 e. The van der Waals surface area contributed by atoms with Gasteiger partial charge in [0.15, 0.2) is 6.29 Å². The minimum absolute atomic E-state index is 0.155. The molecule has 1 aromatic rings. The van der Waals surface area contributed by atoms with Gasteiger partial charge in [0.25, 0.3) is 5.91 Å². The molecule has 2 atom stereocenters. The zero-order valence-electron chi connectivity index (χ0n) is 13.9. The van der Waals surface area contributed by atoms with E-state index in [9.17, 15) is 9.59 Å². The summed E-state index contributed by atoms with van der Waals surface area (Å²) in [7, 11) is 0. The predicted octanol–water partition coefficient (Wildman–Crippen LogP) is 2.53. The van der Waals surface area contributed by atoms with Crippen molar-refractivity contribution in [3.63, 3.8) is 0 Å². The number of rotatable bonds is 5. The normalized spacial score (nSPS) is 22.6. The standard InChI is InChI=1S/C18H22N2O5/c21-16(20-25-17-3-1-2-10-24-17)9-5-12-4-7-14-13(11-12)6-8-15(14)19-18(22)23/h4-5,7,9,11,15,17,19H,1-3,6,8,10H2,(H,20,21)(H,22,23). The first-order valence-corrected chi connectivity index (χ1v) is 8.49. The molecule has 3 N–H and O–H groups in total. The number of ether oxygens (including phenoxy) is 1. The van der Waals surface area contributed by atoms with E-state index in [1.807, 2.05) is 18.2 Å². The average molecular weight is 346 g/mol. The summed E-state index contributed by atoms with van der Waals surface area (Å²) in [6, 6.07) is 5.61. The summed E-state index contributed by atoms with van der Waals surface area (Å²) in [5.74, 6) is -0.347. The van der Waals surface area contributed by atoms with Crippen molar-refractivity contribution in [3.05, 3.63) is 41.0 Å². The molecule has 134 valence electrons. The van der Waals surface area contributed by atoms with Gasteiger partial charge >= 0.3 is 6.09 Å². The number of carbonyl (C=O) groups excluding carboxylic acids is 1. The third kappa shape index (κ3) is 4.80. The fraction of sp³-hybridized carbons (Fsp3) is 0.444. The Bertz CT molecular complexity index is 667. The molecule has 1 fully saturated rings. The molecule has 0 saturated carbocycles. The Morgan fingerprint density at radius 1 is 1.28 bits per heavy atom. The van der Waals surface area contributed by atoms with E-state index in [1.54, 1.807) is 6.08 Å². The molecule has 2 aliphatic rings. The summed E-state index contributed by atoms with van der Waals surface area (Å²) in [4.78, 5) is 27.8. The topological polar surface area (TPSA) is 96.9 Å². The summed E-state index contributed by atoms with van der Waals surface area (Å²) in [6.45, 7) is 0.656. The lowest BCUT2D eigenvalue weighted by Crippen LogP contribution is -2.32. The van der Waals surface area contributed by atoms with Crippen LogP contribution >= 0.6 is 0 Å². The maximum atomic E-state index is 11.8. The molecular formula is C18H22N2O5. The van der Waals surface area contributed by atoms with Gasteiger partial charge in [0.05, 0.1) is 6.04 Å². The first kappa shape index (κ1) is 17.4. The molecule has 1 aliphatic heterocycles. The van der Waals surface area contributed by atoms with Crippen molar-refractivity contribution in [3.8, 4) is 0 Å². The monoisotopic (exact) mass is 346 g/mol. The highest BCUT2D eigenvalue weighted by molar-refractivity contribution is 5.91. The number of hydrogen-bond acceptors (Lipinski definition) is 4. The highest BCUT2D eigenvalue weighted by atomic mass is 16.8. The van der Waals surface area contributed by atoms with Crippen molar-refractivity contribution in [1.82, 2.24) is 10.8 Å². The number of aryl methyl sites for hydroxylation is 1. The van der Waals surface area contributed by atoms with Crippen molar-refractivity contribution in [1.29, 1.82) is 0 Å². The molecule has 7 heteroatoms. The second kappa shape index (κ2) is 8.13. The van der Waals surface area contributed by atoms with E-state index in [0.29, 0.717) is 6.61 Å². The van der Waals surface area contributed by atoms with Gasteiger partial charge in [0, 0.05) is 19.1 Å². The molecule has 2 unspecified atom stereocenters. The summed E-state index contributed by atoms with van der Waals surface area (Å²) in [6.07, 6.45) is 6.13. The van der Waals surface area contributed by atoms with Gasteiger partial charge in [-0.05, 0) is 48.4 Å². The van der Waals surface area contributed by atoms with Crippen molar-refractivity contribution in [2.75, 3.05) is 6.61 Å². The van der Waals surface area contributed by atoms with Crippen LogP contribution in [-0.4, -0.2) is 30.0 Å². The first-order valence-electron chi connectivity index (χ1n) is 8.49. The number of amides is 2. The Kier molecular flexibility index (Phi) is 5.67. The third-order valence-corrected chi connectivity index (χ3v) is 4.40. The number of benzene rings is 1. The molecule has 1 saturated heterocycles. The number of nitrogens with one attached hydrogen (secondary N) is 2. The molecular weight excluding hydrogens is 324 g/mol. The van der Waals surface area contributed by atoms with E-state index in [-0.39, 0.29) is 18.2 Å². The van der Waals surface area contributed by atoms with Crippen molar-refractivity contribution >= 4 is 18.1 Å². The van der Waals surface area contributed by atoms with E-state index in [2.05, 4.69) is 10.8 Å². The van der Waals surface area contributed by atoms with Crippen LogP contribution < -0.4 is 10.8 Å². The third-order valence-electron chi connectivity index (χ3n) is 4.40. The second-order valence-electron chi connectivity index (χ2n) is 6.21. The minimum Gasteiger partial charge on any atom is -0.465 e. The van der Waals surface area contributed by atoms with E-state index in [1.165, 1.54) is 6.08 Å². The fourth-order valence-electron chi connectivity index (χ4n) is 3.17. The van der Waals surface area contributed by atoms with Gasteiger partial charge in [-0.25, -0.2) is 15.1 Å². The highest BCUT2D eigenvalue weighted by Crippen LogP contribution is 2.31. The number of carboxylic acid groups (broad SMARTS) is 1. The largest absolute Gasteiger partial charge is 0.465 e. The summed E-state index contributed by atoms with van der Waals surface area (Å²) in [5, 5.41) is 11.4. The van der Waals surface area contributed by atoms with Gasteiger partial charge < -0.3 is 15.2 Å². The molecule has 3 rings (SSSR count). The van der Waals surface area contributed by atoms with Crippen molar-refractivity contribution in [2.45, 2.75) is 44.4 Å². The van der Waals surface area contributed by atoms with Gasteiger partial charge in [0.1, 0.15) is 0 Å². The summed E-state index contributed by atoms with van der Waals surface area (Å²) < 4.78 is 5.37. The molecule has 2 amide bonds. The molecule has 1 aliphatic carbocycles. The maximum absolute atomic E-state index is 11.8. The average Bonchev–Trinajstić information content (AvgIpc) is 3.00. The van der Waals surface area contributed by atoms with Crippen molar-refractivity contribution in [2.24, 2.45) is 0 Å². The number of hydrogen-bond donors (Lipinski definition) is 3. The lowest BCUT2D eigenvalue weighted by Gasteiger charge is -2.21.